The number of amides is 2. The summed E-state index contributed by atoms with van der Waals surface area (Å²) in [6.07, 6.45) is 2.94. The number of hydrogen-bond donors (Lipinski definition) is 3. The van der Waals surface area contributed by atoms with Crippen LogP contribution in [0.3, 0.4) is 0 Å². The van der Waals surface area contributed by atoms with E-state index >= 15 is 0 Å². The van der Waals surface area contributed by atoms with Crippen LogP contribution in [0.1, 0.15) is 44.5 Å². The van der Waals surface area contributed by atoms with E-state index < -0.39 is 18.7 Å². The van der Waals surface area contributed by atoms with Gasteiger partial charge >= 0.3 is 12.6 Å². The molecule has 0 unspecified atom stereocenters. The fourth-order valence-corrected chi connectivity index (χ4v) is 3.13. The van der Waals surface area contributed by atoms with E-state index in [0.29, 0.717) is 35.2 Å². The maximum Gasteiger partial charge on any atom is 0.405 e. The van der Waals surface area contributed by atoms with Crippen molar-refractivity contribution in [2.24, 2.45) is 5.92 Å². The highest BCUT2D eigenvalue weighted by Gasteiger charge is 2.25. The highest BCUT2D eigenvalue weighted by molar-refractivity contribution is 5.95. The quantitative estimate of drug-likeness (QED) is 0.741. The van der Waals surface area contributed by atoms with Crippen LogP contribution >= 0.6 is 0 Å². The lowest BCUT2D eigenvalue weighted by atomic mass is 9.97. The molecule has 3 N–H and O–H groups in total. The second-order valence-corrected chi connectivity index (χ2v) is 6.42. The van der Waals surface area contributed by atoms with Gasteiger partial charge in [0.15, 0.2) is 0 Å². The topological polar surface area (TPSA) is 109 Å². The van der Waals surface area contributed by atoms with Crippen molar-refractivity contribution in [3.63, 3.8) is 0 Å². The number of carbonyl (C=O) groups is 2. The molecule has 2 atom stereocenters. The standard InChI is InChI=1S/C17H19F2N5O3/c1-9-3-2-4-11(23-17(26)27)12-7-10(5-6-20-12)14-13(22-15(9)25)8-21-24(14)16(18)19/h5-9,11,16,23H,2-4H2,1H3,(H,22,25)(H,26,27)/t9-,11+/m0/s1. The zero-order valence-electron chi connectivity index (χ0n) is 14.5. The van der Waals surface area contributed by atoms with Crippen LogP contribution in [0.25, 0.3) is 11.3 Å². The Morgan fingerprint density at radius 3 is 2.93 bits per heavy atom. The maximum absolute atomic E-state index is 13.4. The molecular weight excluding hydrogens is 360 g/mol. The molecule has 1 aliphatic rings. The third-order valence-corrected chi connectivity index (χ3v) is 4.52. The summed E-state index contributed by atoms with van der Waals surface area (Å²) in [5.74, 6) is -0.674. The molecule has 0 radical (unpaired) electrons. The normalized spacial score (nSPS) is 20.2. The Morgan fingerprint density at radius 2 is 2.22 bits per heavy atom. The number of anilines is 1. The van der Waals surface area contributed by atoms with Gasteiger partial charge in [0.1, 0.15) is 0 Å². The van der Waals surface area contributed by atoms with E-state index in [1.165, 1.54) is 24.5 Å². The first-order chi connectivity index (χ1) is 12.9. The van der Waals surface area contributed by atoms with Crippen molar-refractivity contribution in [2.75, 3.05) is 5.32 Å². The highest BCUT2D eigenvalue weighted by Crippen LogP contribution is 2.34. The summed E-state index contributed by atoms with van der Waals surface area (Å²) in [6, 6.07) is 2.45. The monoisotopic (exact) mass is 379 g/mol. The summed E-state index contributed by atoms with van der Waals surface area (Å²) in [5, 5.41) is 17.9. The number of carbonyl (C=O) groups excluding carboxylic acids is 1. The number of fused-ring (bicyclic) bond motifs is 4. The molecule has 0 aromatic carbocycles. The second kappa shape index (κ2) is 7.68. The van der Waals surface area contributed by atoms with Gasteiger partial charge in [-0.25, -0.2) is 9.48 Å². The number of halogens is 2. The number of rotatable bonds is 2. The third-order valence-electron chi connectivity index (χ3n) is 4.52. The molecule has 0 fully saturated rings. The summed E-state index contributed by atoms with van der Waals surface area (Å²) in [5.41, 5.74) is 0.998. The van der Waals surface area contributed by atoms with Crippen LogP contribution in [0.15, 0.2) is 24.5 Å². The van der Waals surface area contributed by atoms with Crippen molar-refractivity contribution in [3.8, 4) is 11.3 Å². The summed E-state index contributed by atoms with van der Waals surface area (Å²) in [4.78, 5) is 27.7. The average molecular weight is 379 g/mol. The zero-order chi connectivity index (χ0) is 19.6. The Morgan fingerprint density at radius 1 is 1.44 bits per heavy atom. The predicted octanol–water partition coefficient (Wildman–Crippen LogP) is 3.41. The summed E-state index contributed by atoms with van der Waals surface area (Å²) in [6.45, 7) is -1.17. The minimum absolute atomic E-state index is 0.0452. The van der Waals surface area contributed by atoms with E-state index in [1.54, 1.807) is 6.92 Å². The van der Waals surface area contributed by atoms with E-state index in [2.05, 4.69) is 20.7 Å². The summed E-state index contributed by atoms with van der Waals surface area (Å²) < 4.78 is 27.3. The van der Waals surface area contributed by atoms with Crippen molar-refractivity contribution in [2.45, 2.75) is 38.8 Å². The van der Waals surface area contributed by atoms with Crippen LogP contribution in [-0.4, -0.2) is 31.9 Å². The fraction of sp³-hybridized carbons (Fsp3) is 0.412. The second-order valence-electron chi connectivity index (χ2n) is 6.42. The lowest BCUT2D eigenvalue weighted by Crippen LogP contribution is -2.28. The SMILES string of the molecule is C[C@H]1CCC[C@@H](NC(=O)O)c2cc(ccn2)-c2c(cnn2C(F)F)NC1=O. The van der Waals surface area contributed by atoms with E-state index in [-0.39, 0.29) is 23.2 Å². The van der Waals surface area contributed by atoms with Gasteiger partial charge in [0.05, 0.1) is 29.3 Å². The van der Waals surface area contributed by atoms with Gasteiger partial charge in [-0.2, -0.15) is 13.9 Å². The van der Waals surface area contributed by atoms with Gasteiger partial charge in [0.25, 0.3) is 0 Å². The number of carboxylic acid groups (broad SMARTS) is 1. The molecule has 2 amide bonds. The molecule has 2 aromatic heterocycles. The molecule has 1 aliphatic heterocycles. The van der Waals surface area contributed by atoms with Crippen molar-refractivity contribution < 1.29 is 23.5 Å². The average Bonchev–Trinajstić information content (AvgIpc) is 3.03. The van der Waals surface area contributed by atoms with Gasteiger partial charge in [-0.05, 0) is 25.0 Å². The fourth-order valence-electron chi connectivity index (χ4n) is 3.13. The number of alkyl halides is 2. The van der Waals surface area contributed by atoms with Gasteiger partial charge in [-0.1, -0.05) is 13.3 Å². The van der Waals surface area contributed by atoms with Crippen LogP contribution < -0.4 is 10.6 Å². The smallest absolute Gasteiger partial charge is 0.405 e. The molecule has 3 rings (SSSR count). The van der Waals surface area contributed by atoms with Gasteiger partial charge in [0.2, 0.25) is 5.91 Å². The van der Waals surface area contributed by atoms with Crippen LogP contribution in [-0.2, 0) is 4.79 Å². The van der Waals surface area contributed by atoms with E-state index in [9.17, 15) is 18.4 Å². The van der Waals surface area contributed by atoms with Crippen molar-refractivity contribution in [1.29, 1.82) is 0 Å². The lowest BCUT2D eigenvalue weighted by Gasteiger charge is -2.20. The molecule has 27 heavy (non-hydrogen) atoms. The van der Waals surface area contributed by atoms with Crippen LogP contribution in [0.4, 0.5) is 19.3 Å². The number of pyridine rings is 1. The van der Waals surface area contributed by atoms with Crippen molar-refractivity contribution in [1.82, 2.24) is 20.1 Å². The van der Waals surface area contributed by atoms with Crippen LogP contribution in [0.5, 0.6) is 0 Å². The molecule has 10 heteroatoms. The van der Waals surface area contributed by atoms with Crippen LogP contribution in [0, 0.1) is 5.92 Å². The minimum atomic E-state index is -2.90. The molecule has 0 spiro atoms. The minimum Gasteiger partial charge on any atom is -0.465 e. The van der Waals surface area contributed by atoms with Crippen molar-refractivity contribution >= 4 is 17.7 Å². The molecule has 0 saturated carbocycles. The van der Waals surface area contributed by atoms with Gasteiger partial charge in [-0.3, -0.25) is 9.78 Å². The first kappa shape index (κ1) is 18.7. The first-order valence-electron chi connectivity index (χ1n) is 8.49. The van der Waals surface area contributed by atoms with Gasteiger partial charge in [0, 0.05) is 17.7 Å². The third kappa shape index (κ3) is 4.04. The molecule has 2 aromatic rings. The Labute approximate surface area is 153 Å². The van der Waals surface area contributed by atoms with E-state index in [0.717, 1.165) is 0 Å². The lowest BCUT2D eigenvalue weighted by molar-refractivity contribution is -0.119. The van der Waals surface area contributed by atoms with Crippen molar-refractivity contribution in [3.05, 3.63) is 30.2 Å². The van der Waals surface area contributed by atoms with Gasteiger partial charge < -0.3 is 15.7 Å². The molecular formula is C17H19F2N5O3. The molecule has 3 heterocycles. The van der Waals surface area contributed by atoms with E-state index in [4.69, 9.17) is 5.11 Å². The predicted molar refractivity (Wildman–Crippen MR) is 92.3 cm³/mol. The largest absolute Gasteiger partial charge is 0.465 e. The Kier molecular flexibility index (Phi) is 5.33. The first-order valence-corrected chi connectivity index (χ1v) is 8.49. The molecule has 8 nitrogen and oxygen atoms in total. The van der Waals surface area contributed by atoms with Crippen LogP contribution in [0.2, 0.25) is 0 Å². The number of nitrogens with one attached hydrogen (secondary N) is 2. The summed E-state index contributed by atoms with van der Waals surface area (Å²) >= 11 is 0. The number of hydrogen-bond acceptors (Lipinski definition) is 4. The number of aromatic nitrogens is 3. The highest BCUT2D eigenvalue weighted by atomic mass is 19.3. The molecule has 144 valence electrons. The molecule has 0 saturated heterocycles. The zero-order valence-corrected chi connectivity index (χ0v) is 14.5. The Hall–Kier alpha value is -3.04. The van der Waals surface area contributed by atoms with Gasteiger partial charge in [-0.15, -0.1) is 0 Å². The number of nitrogens with zero attached hydrogens (tertiary/aromatic N) is 3. The maximum atomic E-state index is 13.4. The Balaban J connectivity index is 2.13. The summed E-state index contributed by atoms with van der Waals surface area (Å²) in [7, 11) is 0. The van der Waals surface area contributed by atoms with E-state index in [1.807, 2.05) is 0 Å². The molecule has 0 aliphatic carbocycles. The Bertz CT molecular complexity index is 855. The molecule has 2 bridgehead atoms.